The molecule has 1 aromatic heterocycles. The van der Waals surface area contributed by atoms with E-state index in [0.29, 0.717) is 12.1 Å². The van der Waals surface area contributed by atoms with Gasteiger partial charge >= 0.3 is 0 Å². The quantitative estimate of drug-likeness (QED) is 0.756. The molecular formula is C14H18FN5OS. The standard InChI is InChI=1S/C14H18FN5OS/c1-2-3-7-22-8-6-14(21)17-13-9-11(4-5-12(13)15)20-10-16-18-19-20/h4-5,9-10H,2-3,6-8H2,1H3,(H,17,21). The van der Waals surface area contributed by atoms with Crippen molar-refractivity contribution in [1.82, 2.24) is 20.2 Å². The molecule has 0 saturated carbocycles. The van der Waals surface area contributed by atoms with Crippen molar-refractivity contribution in [1.29, 1.82) is 0 Å². The fourth-order valence-electron chi connectivity index (χ4n) is 1.76. The molecule has 0 atom stereocenters. The molecule has 6 nitrogen and oxygen atoms in total. The van der Waals surface area contributed by atoms with Crippen LogP contribution in [0.2, 0.25) is 0 Å². The normalized spacial score (nSPS) is 10.6. The Labute approximate surface area is 132 Å². The van der Waals surface area contributed by atoms with Crippen LogP contribution in [0.5, 0.6) is 0 Å². The lowest BCUT2D eigenvalue weighted by atomic mass is 10.2. The van der Waals surface area contributed by atoms with Crippen molar-refractivity contribution in [2.45, 2.75) is 26.2 Å². The molecule has 0 bridgehead atoms. The van der Waals surface area contributed by atoms with Crippen molar-refractivity contribution in [3.05, 3.63) is 30.3 Å². The maximum absolute atomic E-state index is 13.8. The molecule has 2 aromatic rings. The van der Waals surface area contributed by atoms with Gasteiger partial charge in [-0.05, 0) is 40.8 Å². The molecule has 1 N–H and O–H groups in total. The molecule has 8 heteroatoms. The van der Waals surface area contributed by atoms with Gasteiger partial charge in [0.2, 0.25) is 5.91 Å². The maximum atomic E-state index is 13.8. The number of hydrogen-bond donors (Lipinski definition) is 1. The van der Waals surface area contributed by atoms with Gasteiger partial charge < -0.3 is 5.32 Å². The molecular weight excluding hydrogens is 305 g/mol. The van der Waals surface area contributed by atoms with E-state index in [1.807, 2.05) is 0 Å². The van der Waals surface area contributed by atoms with E-state index in [1.165, 1.54) is 23.1 Å². The summed E-state index contributed by atoms with van der Waals surface area (Å²) in [4.78, 5) is 11.9. The van der Waals surface area contributed by atoms with Crippen LogP contribution in [-0.2, 0) is 4.79 Å². The molecule has 1 amide bonds. The van der Waals surface area contributed by atoms with Crippen molar-refractivity contribution < 1.29 is 9.18 Å². The summed E-state index contributed by atoms with van der Waals surface area (Å²) in [5.41, 5.74) is 0.718. The van der Waals surface area contributed by atoms with E-state index in [2.05, 4.69) is 27.8 Å². The molecule has 0 saturated heterocycles. The zero-order valence-corrected chi connectivity index (χ0v) is 13.1. The molecule has 0 aliphatic carbocycles. The van der Waals surface area contributed by atoms with Crippen LogP contribution < -0.4 is 5.32 Å². The smallest absolute Gasteiger partial charge is 0.225 e. The SMILES string of the molecule is CCCCSCCC(=O)Nc1cc(-n2cnnn2)ccc1F. The maximum Gasteiger partial charge on any atom is 0.225 e. The van der Waals surface area contributed by atoms with Crippen LogP contribution in [0.15, 0.2) is 24.5 Å². The summed E-state index contributed by atoms with van der Waals surface area (Å²) in [7, 11) is 0. The summed E-state index contributed by atoms with van der Waals surface area (Å²) < 4.78 is 15.2. The average molecular weight is 323 g/mol. The molecule has 0 unspecified atom stereocenters. The Balaban J connectivity index is 1.91. The Morgan fingerprint density at radius 1 is 1.41 bits per heavy atom. The fraction of sp³-hybridized carbons (Fsp3) is 0.429. The first kappa shape index (κ1) is 16.4. The average Bonchev–Trinajstić information content (AvgIpc) is 3.03. The van der Waals surface area contributed by atoms with Gasteiger partial charge in [0.05, 0.1) is 11.4 Å². The van der Waals surface area contributed by atoms with Gasteiger partial charge in [-0.15, -0.1) is 5.10 Å². The molecule has 118 valence electrons. The van der Waals surface area contributed by atoms with Crippen molar-refractivity contribution >= 4 is 23.4 Å². The highest BCUT2D eigenvalue weighted by Crippen LogP contribution is 2.18. The number of benzene rings is 1. The van der Waals surface area contributed by atoms with Gasteiger partial charge in [0.25, 0.3) is 0 Å². The minimum absolute atomic E-state index is 0.136. The van der Waals surface area contributed by atoms with Crippen LogP contribution in [0, 0.1) is 5.82 Å². The lowest BCUT2D eigenvalue weighted by Gasteiger charge is -2.08. The summed E-state index contributed by atoms with van der Waals surface area (Å²) in [6.07, 6.45) is 4.06. The topological polar surface area (TPSA) is 72.7 Å². The molecule has 0 aliphatic heterocycles. The minimum Gasteiger partial charge on any atom is -0.324 e. The predicted octanol–water partition coefficient (Wildman–Crippen LogP) is 2.66. The number of aromatic nitrogens is 4. The third-order valence-electron chi connectivity index (χ3n) is 2.95. The first-order valence-corrected chi connectivity index (χ1v) is 8.26. The number of unbranched alkanes of at least 4 members (excludes halogenated alkanes) is 1. The summed E-state index contributed by atoms with van der Waals surface area (Å²) in [5, 5.41) is 13.4. The van der Waals surface area contributed by atoms with Gasteiger partial charge in [-0.3, -0.25) is 4.79 Å². The number of nitrogens with zero attached hydrogens (tertiary/aromatic N) is 4. The minimum atomic E-state index is -0.483. The van der Waals surface area contributed by atoms with E-state index in [1.54, 1.807) is 17.8 Å². The number of anilines is 1. The summed E-state index contributed by atoms with van der Waals surface area (Å²) in [5.74, 6) is 1.10. The van der Waals surface area contributed by atoms with Crippen LogP contribution in [0.25, 0.3) is 5.69 Å². The van der Waals surface area contributed by atoms with E-state index >= 15 is 0 Å². The van der Waals surface area contributed by atoms with Gasteiger partial charge in [0, 0.05) is 12.2 Å². The zero-order valence-electron chi connectivity index (χ0n) is 12.3. The van der Waals surface area contributed by atoms with Crippen LogP contribution in [0.4, 0.5) is 10.1 Å². The second-order valence-corrected chi connectivity index (χ2v) is 5.91. The monoisotopic (exact) mass is 323 g/mol. The molecule has 1 aromatic carbocycles. The molecule has 0 radical (unpaired) electrons. The predicted molar refractivity (Wildman–Crippen MR) is 84.6 cm³/mol. The Kier molecular flexibility index (Phi) is 6.32. The molecule has 0 aliphatic rings. The first-order valence-electron chi connectivity index (χ1n) is 7.11. The molecule has 0 fully saturated rings. The zero-order chi connectivity index (χ0) is 15.8. The van der Waals surface area contributed by atoms with E-state index in [0.717, 1.165) is 24.3 Å². The van der Waals surface area contributed by atoms with Crippen molar-refractivity contribution in [3.63, 3.8) is 0 Å². The van der Waals surface area contributed by atoms with E-state index < -0.39 is 5.82 Å². The number of amides is 1. The van der Waals surface area contributed by atoms with Gasteiger partial charge in [-0.1, -0.05) is 13.3 Å². The lowest BCUT2D eigenvalue weighted by molar-refractivity contribution is -0.115. The van der Waals surface area contributed by atoms with Gasteiger partial charge in [-0.2, -0.15) is 11.8 Å². The van der Waals surface area contributed by atoms with Crippen LogP contribution in [0.1, 0.15) is 26.2 Å². The fourth-order valence-corrected chi connectivity index (χ4v) is 2.78. The summed E-state index contributed by atoms with van der Waals surface area (Å²) in [6.45, 7) is 2.13. The Morgan fingerprint density at radius 2 is 2.27 bits per heavy atom. The Hall–Kier alpha value is -1.96. The van der Waals surface area contributed by atoms with Gasteiger partial charge in [0.1, 0.15) is 12.1 Å². The number of hydrogen-bond acceptors (Lipinski definition) is 5. The van der Waals surface area contributed by atoms with E-state index in [4.69, 9.17) is 0 Å². The highest BCUT2D eigenvalue weighted by molar-refractivity contribution is 7.99. The van der Waals surface area contributed by atoms with Gasteiger partial charge in [-0.25, -0.2) is 9.07 Å². The third-order valence-corrected chi connectivity index (χ3v) is 4.02. The molecule has 2 rings (SSSR count). The molecule has 0 spiro atoms. The number of tetrazole rings is 1. The van der Waals surface area contributed by atoms with Crippen LogP contribution >= 0.6 is 11.8 Å². The number of carbonyl (C=O) groups excluding carboxylic acids is 1. The Morgan fingerprint density at radius 3 is 3.00 bits per heavy atom. The number of carbonyl (C=O) groups is 1. The van der Waals surface area contributed by atoms with E-state index in [-0.39, 0.29) is 11.6 Å². The molecule has 22 heavy (non-hydrogen) atoms. The summed E-state index contributed by atoms with van der Waals surface area (Å²) >= 11 is 1.74. The van der Waals surface area contributed by atoms with Crippen molar-refractivity contribution in [3.8, 4) is 5.69 Å². The number of thioether (sulfide) groups is 1. The number of rotatable bonds is 8. The van der Waals surface area contributed by atoms with Gasteiger partial charge in [0.15, 0.2) is 0 Å². The van der Waals surface area contributed by atoms with Crippen LogP contribution in [-0.4, -0.2) is 37.6 Å². The summed E-state index contributed by atoms with van der Waals surface area (Å²) in [6, 6.07) is 4.33. The second-order valence-electron chi connectivity index (χ2n) is 4.68. The third kappa shape index (κ3) is 4.80. The largest absolute Gasteiger partial charge is 0.324 e. The number of nitrogens with one attached hydrogen (secondary N) is 1. The molecule has 1 heterocycles. The first-order chi connectivity index (χ1) is 10.7. The highest BCUT2D eigenvalue weighted by atomic mass is 32.2. The van der Waals surface area contributed by atoms with Crippen LogP contribution in [0.3, 0.4) is 0 Å². The second kappa shape index (κ2) is 8.47. The Bertz CT molecular complexity index is 605. The van der Waals surface area contributed by atoms with Crippen molar-refractivity contribution in [2.75, 3.05) is 16.8 Å². The van der Waals surface area contributed by atoms with E-state index in [9.17, 15) is 9.18 Å². The highest BCUT2D eigenvalue weighted by Gasteiger charge is 2.09. The number of halogens is 1. The lowest BCUT2D eigenvalue weighted by Crippen LogP contribution is -2.14. The van der Waals surface area contributed by atoms with Crippen molar-refractivity contribution in [2.24, 2.45) is 0 Å².